The highest BCUT2D eigenvalue weighted by Gasteiger charge is 2.41. The van der Waals surface area contributed by atoms with Crippen molar-refractivity contribution in [3.63, 3.8) is 0 Å². The van der Waals surface area contributed by atoms with Crippen molar-refractivity contribution < 1.29 is 133 Å². The number of carbonyl (C=O) groups excluding carboxylic acids is 16. The summed E-state index contributed by atoms with van der Waals surface area (Å²) >= 11 is 0. The van der Waals surface area contributed by atoms with E-state index in [1.165, 1.54) is 24.3 Å². The van der Waals surface area contributed by atoms with Crippen LogP contribution in [0.4, 0.5) is 5.69 Å². The van der Waals surface area contributed by atoms with E-state index < -0.39 is 298 Å². The Balaban J connectivity index is 1.91. The number of nitrogen functional groups attached to an aromatic ring is 1. The van der Waals surface area contributed by atoms with E-state index in [4.69, 9.17) is 28.8 Å². The molecule has 13 atom stereocenters. The zero-order valence-corrected chi connectivity index (χ0v) is 63.2. The summed E-state index contributed by atoms with van der Waals surface area (Å²) in [5, 5.41) is 77.2. The number of ketones is 1. The van der Waals surface area contributed by atoms with Gasteiger partial charge in [0.05, 0.1) is 58.7 Å². The van der Waals surface area contributed by atoms with Crippen molar-refractivity contribution in [3.05, 3.63) is 65.7 Å². The van der Waals surface area contributed by atoms with Gasteiger partial charge in [-0.05, 0) is 69.3 Å². The Bertz CT molecular complexity index is 4350. The number of aliphatic hydroxyl groups is 1. The molecule has 3 aromatic rings. The van der Waals surface area contributed by atoms with Crippen molar-refractivity contribution in [1.29, 1.82) is 0 Å². The number of aliphatic carboxylic acids is 4. The first-order chi connectivity index (χ1) is 56.4. The molecule has 0 saturated carbocycles. The third-order valence-electron chi connectivity index (χ3n) is 17.5. The van der Waals surface area contributed by atoms with Crippen LogP contribution in [0.2, 0.25) is 0 Å². The standard InChI is InChI=1S/C72H101N17O26/c1-5-6-7-8-9-10-11-22-53(93)81-44(25-38-31-76-42-20-15-13-17-39(38)42)66(108)84-45(27-52(75)92)67(109)86-48(30-59(102)103)68(110)89-61-37(4)115-72(114)49(26-51(91)40-18-12-14-19-41(40)74)87-71(113)60(35(2)24-56(96)97)88-69(111)50(34-90)82-55(95)32-77-63(105)46(28-57(98)99)83-62(104)36(3)79-65(107)47(29-58(100)101)85-64(106)43(21-16-23-73)80-54(94)33-78-70(61)112/h12-15,17-20,31,35-37,43-50,60-61,76,90H,5-11,16,21-30,32-34,73-74H2,1-4H3,(H2,75,92)(H,77,105)(H,78,112)(H,79,107)(H,80,94)(H,81,93)(H,82,95)(H,83,104)(H,84,108)(H,85,106)(H,86,109)(H,87,113)(H,88,111)(H,89,110)(H,96,97)(H,98,99)(H,100,101)(H,102,103)/t35-,36-,37-,43+,44+,45+,46+,47+,48+,49+,50-,60+,61+/m1/s1/i13D,15D,17D,20D,31D. The smallest absolute Gasteiger partial charge is 0.329 e. The zero-order chi connectivity index (χ0) is 90.1. The molecule has 630 valence electrons. The lowest BCUT2D eigenvalue weighted by atomic mass is 9.96. The van der Waals surface area contributed by atoms with Crippen molar-refractivity contribution in [2.24, 2.45) is 17.4 Å². The Morgan fingerprint density at radius 1 is 0.583 bits per heavy atom. The average molecular weight is 1630 g/mol. The molecular weight excluding hydrogens is 1520 g/mol. The highest BCUT2D eigenvalue weighted by molar-refractivity contribution is 6.05. The molecule has 1 aromatic heterocycles. The minimum absolute atomic E-state index is 0.122. The number of Topliss-reactive ketones (excluding diaryl/α,β-unsaturated/α-hetero) is 1. The molecule has 0 radical (unpaired) electrons. The number of primary amides is 1. The fraction of sp³-hybridized carbons (Fsp3) is 0.528. The van der Waals surface area contributed by atoms with Crippen LogP contribution in [0.1, 0.15) is 153 Å². The monoisotopic (exact) mass is 1620 g/mol. The number of anilines is 1. The number of rotatable bonds is 35. The molecule has 0 unspecified atom stereocenters. The van der Waals surface area contributed by atoms with Gasteiger partial charge < -0.3 is 122 Å². The number of carboxylic acids is 4. The summed E-state index contributed by atoms with van der Waals surface area (Å²) in [6, 6.07) is -21.2. The Kier molecular flexibility index (Phi) is 35.7. The van der Waals surface area contributed by atoms with Crippen LogP contribution in [0.5, 0.6) is 0 Å². The second-order valence-corrected chi connectivity index (χ2v) is 26.9. The summed E-state index contributed by atoms with van der Waals surface area (Å²) in [6.45, 7) is 0.877. The Morgan fingerprint density at radius 2 is 1.13 bits per heavy atom. The van der Waals surface area contributed by atoms with E-state index in [2.05, 4.69) is 52.8 Å². The number of H-pyrrole nitrogens is 1. The van der Waals surface area contributed by atoms with Crippen LogP contribution in [-0.4, -0.2) is 248 Å². The van der Waals surface area contributed by atoms with E-state index in [0.29, 0.717) is 12.8 Å². The van der Waals surface area contributed by atoms with Gasteiger partial charge in [0.15, 0.2) is 5.78 Å². The van der Waals surface area contributed by atoms with E-state index in [9.17, 15) is 121 Å². The van der Waals surface area contributed by atoms with Crippen LogP contribution < -0.4 is 86.3 Å². The second-order valence-electron chi connectivity index (χ2n) is 26.9. The summed E-state index contributed by atoms with van der Waals surface area (Å²) in [5.41, 5.74) is 16.3. The molecule has 1 fully saturated rings. The summed E-state index contributed by atoms with van der Waals surface area (Å²) in [6.07, 6.45) is -6.25. The van der Waals surface area contributed by atoms with Crippen LogP contribution in [0.3, 0.4) is 0 Å². The number of carbonyl (C=O) groups is 20. The van der Waals surface area contributed by atoms with Gasteiger partial charge in [-0.3, -0.25) is 91.1 Å². The van der Waals surface area contributed by atoms with Gasteiger partial charge in [0.25, 0.3) is 0 Å². The largest absolute Gasteiger partial charge is 0.481 e. The SMILES string of the molecule is [2H]c1[nH]c2c([2H])c([2H])c([2H])c([2H])c2c1C[C@H](NC(=O)CCCCCCCCC)C(=O)N[C@@H](CC(N)=O)C(=O)N[C@@H](CC(=O)O)C(=O)N[C@@H]1C(=O)NCC(=O)N[C@@H](CCCN)C(=O)N[C@@H](CC(=O)O)C(=O)N[C@H](C)C(=O)N[C@@H](CC(=O)O)C(=O)NCC(=O)N[C@H](CO)C(=O)N[C@@H]([C@H](C)CC(=O)O)C(=O)N[C@@H](CC(=O)c2ccccc2N)C(=O)O[C@@H]1C. The Morgan fingerprint density at radius 3 is 1.73 bits per heavy atom. The molecule has 43 heteroatoms. The summed E-state index contributed by atoms with van der Waals surface area (Å²) in [7, 11) is 0. The van der Waals surface area contributed by atoms with Gasteiger partial charge in [-0.25, -0.2) is 4.79 Å². The number of benzene rings is 2. The number of hydrogen-bond donors (Lipinski definition) is 22. The second kappa shape index (κ2) is 47.6. The third kappa shape index (κ3) is 32.5. The molecule has 1 aliphatic rings. The molecule has 115 heavy (non-hydrogen) atoms. The van der Waals surface area contributed by atoms with Crippen LogP contribution >= 0.6 is 0 Å². The zero-order valence-electron chi connectivity index (χ0n) is 68.2. The highest BCUT2D eigenvalue weighted by atomic mass is 16.5. The first kappa shape index (κ1) is 86.3. The number of unbranched alkanes of at least 4 members (excludes halogenated alkanes) is 6. The van der Waals surface area contributed by atoms with Gasteiger partial charge in [0, 0.05) is 47.6 Å². The maximum absolute atomic E-state index is 14.9. The maximum Gasteiger partial charge on any atom is 0.329 e. The predicted octanol–water partition coefficient (Wildman–Crippen LogP) is -5.62. The fourth-order valence-corrected chi connectivity index (χ4v) is 11.4. The molecule has 1 aliphatic heterocycles. The lowest BCUT2D eigenvalue weighted by Crippen LogP contribution is -2.62. The van der Waals surface area contributed by atoms with E-state index in [0.717, 1.165) is 52.9 Å². The fourth-order valence-electron chi connectivity index (χ4n) is 11.4. The number of aliphatic hydroxyl groups excluding tert-OH is 1. The lowest BCUT2D eigenvalue weighted by molar-refractivity contribution is -0.156. The van der Waals surface area contributed by atoms with Gasteiger partial charge in [-0.15, -0.1) is 0 Å². The minimum Gasteiger partial charge on any atom is -0.481 e. The van der Waals surface area contributed by atoms with Crippen LogP contribution in [0.25, 0.3) is 10.9 Å². The molecule has 0 aliphatic carbocycles. The number of cyclic esters (lactones) is 1. The Labute approximate surface area is 664 Å². The number of amides is 14. The number of esters is 1. The third-order valence-corrected chi connectivity index (χ3v) is 17.5. The number of aromatic amines is 1. The van der Waals surface area contributed by atoms with Gasteiger partial charge in [-0.2, -0.15) is 0 Å². The normalized spacial score (nSPS) is 21.8. The van der Waals surface area contributed by atoms with Crippen LogP contribution in [0, 0.1) is 5.92 Å². The van der Waals surface area contributed by atoms with E-state index in [1.54, 1.807) is 0 Å². The van der Waals surface area contributed by atoms with Gasteiger partial charge in [0.2, 0.25) is 82.7 Å². The highest BCUT2D eigenvalue weighted by Crippen LogP contribution is 2.22. The summed E-state index contributed by atoms with van der Waals surface area (Å²) in [4.78, 5) is 276. The van der Waals surface area contributed by atoms with Crippen molar-refractivity contribution in [2.45, 2.75) is 209 Å². The molecular formula is C72H101N17O26. The molecule has 2 heterocycles. The number of hydrogen-bond acceptors (Lipinski definition) is 24. The summed E-state index contributed by atoms with van der Waals surface area (Å²) < 4.78 is 48.1. The molecule has 4 rings (SSSR count). The van der Waals surface area contributed by atoms with E-state index in [1.807, 2.05) is 28.2 Å². The number of para-hydroxylation sites is 2. The first-order valence-electron chi connectivity index (χ1n) is 38.9. The minimum atomic E-state index is -2.52. The average Bonchev–Trinajstić information content (AvgIpc) is 1.57. The van der Waals surface area contributed by atoms with Crippen molar-refractivity contribution in [1.82, 2.24) is 74.1 Å². The number of aromatic nitrogens is 1. The lowest BCUT2D eigenvalue weighted by Gasteiger charge is -2.30. The van der Waals surface area contributed by atoms with Crippen molar-refractivity contribution in [2.75, 3.05) is 32.0 Å². The topological polar surface area (TPSA) is 702 Å². The quantitative estimate of drug-likeness (QED) is 0.0113. The molecule has 14 amide bonds. The predicted molar refractivity (Wildman–Crippen MR) is 400 cm³/mol. The number of nitrogens with one attached hydrogen (secondary N) is 14. The number of fused-ring (bicyclic) bond motifs is 1. The molecule has 0 spiro atoms. The van der Waals surface area contributed by atoms with Gasteiger partial charge in [0.1, 0.15) is 72.6 Å². The molecule has 0 bridgehead atoms. The van der Waals surface area contributed by atoms with Gasteiger partial charge in [-0.1, -0.05) is 82.6 Å². The Hall–Kier alpha value is -12.7. The summed E-state index contributed by atoms with van der Waals surface area (Å²) in [5.74, 6) is -31.0. The van der Waals surface area contributed by atoms with Crippen molar-refractivity contribution in [3.8, 4) is 0 Å². The number of carboxylic acid groups (broad SMARTS) is 4. The maximum atomic E-state index is 14.9. The van der Waals surface area contributed by atoms with Crippen LogP contribution in [-0.2, 0) is 102 Å². The molecule has 2 aromatic carbocycles. The molecule has 1 saturated heterocycles. The first-order valence-corrected chi connectivity index (χ1v) is 36.4. The molecule has 43 nitrogen and oxygen atoms in total. The van der Waals surface area contributed by atoms with Gasteiger partial charge >= 0.3 is 29.8 Å². The number of ether oxygens (including phenoxy) is 1. The van der Waals surface area contributed by atoms with Crippen molar-refractivity contribution >= 4 is 135 Å². The van der Waals surface area contributed by atoms with Crippen LogP contribution in [0.15, 0.2) is 54.6 Å². The van der Waals surface area contributed by atoms with E-state index in [-0.39, 0.29) is 47.1 Å². The van der Waals surface area contributed by atoms with E-state index >= 15 is 0 Å². The molecule has 25 N–H and O–H groups in total. The number of nitrogens with two attached hydrogens (primary N) is 3.